The lowest BCUT2D eigenvalue weighted by Crippen LogP contribution is -2.45. The largest absolute Gasteiger partial charge is 0.456 e. The number of ketones is 1. The Kier molecular flexibility index (Phi) is 8.00. The number of rotatable bonds is 9. The molecule has 0 aliphatic carbocycles. The Morgan fingerprint density at radius 3 is 2.47 bits per heavy atom. The molecule has 0 fully saturated rings. The molecular weight excluding hydrogens is 404 g/mol. The number of benzene rings is 1. The molecule has 1 aromatic carbocycles. The van der Waals surface area contributed by atoms with Crippen molar-refractivity contribution in [2.75, 3.05) is 6.61 Å². The fraction of sp³-hybridized carbons (Fsp3) is 0.348. The molecule has 0 radical (unpaired) electrons. The number of carbonyl (C=O) groups is 3. The molecule has 0 saturated heterocycles. The van der Waals surface area contributed by atoms with Crippen LogP contribution < -0.4 is 5.32 Å². The lowest BCUT2D eigenvalue weighted by Gasteiger charge is -2.21. The van der Waals surface area contributed by atoms with E-state index in [0.717, 1.165) is 11.4 Å². The van der Waals surface area contributed by atoms with Crippen molar-refractivity contribution in [3.05, 3.63) is 70.5 Å². The number of nitrogens with one attached hydrogen (secondary N) is 1. The first-order chi connectivity index (χ1) is 14.2. The van der Waals surface area contributed by atoms with Gasteiger partial charge in [0.05, 0.1) is 10.6 Å². The third-order valence-electron chi connectivity index (χ3n) is 4.86. The molecule has 7 heteroatoms. The van der Waals surface area contributed by atoms with Gasteiger partial charge >= 0.3 is 5.97 Å². The zero-order valence-corrected chi connectivity index (χ0v) is 18.5. The first-order valence-electron chi connectivity index (χ1n) is 9.70. The van der Waals surface area contributed by atoms with Gasteiger partial charge in [-0.05, 0) is 38.0 Å². The number of nitrogens with zero attached hydrogens (tertiary/aromatic N) is 1. The normalized spacial score (nSPS) is 11.8. The molecule has 2 aromatic rings. The highest BCUT2D eigenvalue weighted by atomic mass is 35.5. The third-order valence-corrected chi connectivity index (χ3v) is 5.19. The van der Waals surface area contributed by atoms with E-state index in [-0.39, 0.29) is 22.3 Å². The minimum Gasteiger partial charge on any atom is -0.456 e. The van der Waals surface area contributed by atoms with Crippen LogP contribution in [-0.2, 0) is 16.1 Å². The number of halogens is 1. The number of ether oxygens (including phenoxy) is 1. The summed E-state index contributed by atoms with van der Waals surface area (Å²) in [4.78, 5) is 37.7. The number of esters is 1. The van der Waals surface area contributed by atoms with Gasteiger partial charge in [-0.15, -0.1) is 6.58 Å². The van der Waals surface area contributed by atoms with E-state index >= 15 is 0 Å². The summed E-state index contributed by atoms with van der Waals surface area (Å²) < 4.78 is 7.21. The Balaban J connectivity index is 2.06. The van der Waals surface area contributed by atoms with E-state index in [9.17, 15) is 14.4 Å². The molecule has 1 atom stereocenters. The average molecular weight is 431 g/mol. The summed E-state index contributed by atoms with van der Waals surface area (Å²) in [6.45, 7) is 11.2. The molecule has 0 unspecified atom stereocenters. The maximum Gasteiger partial charge on any atom is 0.329 e. The molecule has 0 aliphatic rings. The van der Waals surface area contributed by atoms with E-state index in [2.05, 4.69) is 11.9 Å². The zero-order chi connectivity index (χ0) is 22.4. The summed E-state index contributed by atoms with van der Waals surface area (Å²) in [7, 11) is 0. The van der Waals surface area contributed by atoms with E-state index in [4.69, 9.17) is 16.3 Å². The summed E-state index contributed by atoms with van der Waals surface area (Å²) in [5.74, 6) is -1.68. The molecule has 2 rings (SSSR count). The highest BCUT2D eigenvalue weighted by Gasteiger charge is 2.28. The highest BCUT2D eigenvalue weighted by molar-refractivity contribution is 6.33. The van der Waals surface area contributed by atoms with Crippen LogP contribution in [0.1, 0.15) is 46.0 Å². The van der Waals surface area contributed by atoms with Crippen molar-refractivity contribution in [3.8, 4) is 0 Å². The van der Waals surface area contributed by atoms with Crippen molar-refractivity contribution in [2.45, 2.75) is 40.3 Å². The lowest BCUT2D eigenvalue weighted by molar-refractivity contribution is -0.145. The van der Waals surface area contributed by atoms with Gasteiger partial charge in [0.1, 0.15) is 6.04 Å². The maximum atomic E-state index is 12.6. The van der Waals surface area contributed by atoms with Crippen LogP contribution in [0.2, 0.25) is 5.02 Å². The molecule has 1 N–H and O–H groups in total. The number of amides is 1. The Hall–Kier alpha value is -2.86. The fourth-order valence-corrected chi connectivity index (χ4v) is 3.38. The summed E-state index contributed by atoms with van der Waals surface area (Å²) in [6.07, 6.45) is 1.75. The fourth-order valence-electron chi connectivity index (χ4n) is 3.16. The first kappa shape index (κ1) is 23.4. The van der Waals surface area contributed by atoms with Crippen LogP contribution >= 0.6 is 11.6 Å². The number of aryl methyl sites for hydroxylation is 1. The van der Waals surface area contributed by atoms with E-state index in [1.54, 1.807) is 50.3 Å². The van der Waals surface area contributed by atoms with Crippen molar-refractivity contribution in [3.63, 3.8) is 0 Å². The predicted molar refractivity (Wildman–Crippen MR) is 117 cm³/mol. The van der Waals surface area contributed by atoms with Gasteiger partial charge in [-0.3, -0.25) is 9.59 Å². The van der Waals surface area contributed by atoms with E-state index in [1.165, 1.54) is 0 Å². The van der Waals surface area contributed by atoms with Crippen LogP contribution in [-0.4, -0.2) is 34.9 Å². The zero-order valence-electron chi connectivity index (χ0n) is 17.7. The minimum atomic E-state index is -0.908. The van der Waals surface area contributed by atoms with Gasteiger partial charge in [0.2, 0.25) is 5.78 Å². The van der Waals surface area contributed by atoms with Gasteiger partial charge in [0.15, 0.2) is 6.61 Å². The van der Waals surface area contributed by atoms with Crippen molar-refractivity contribution in [2.24, 2.45) is 5.92 Å². The number of carbonyl (C=O) groups excluding carboxylic acids is 3. The highest BCUT2D eigenvalue weighted by Crippen LogP contribution is 2.17. The lowest BCUT2D eigenvalue weighted by atomic mass is 10.0. The van der Waals surface area contributed by atoms with E-state index < -0.39 is 24.5 Å². The van der Waals surface area contributed by atoms with Crippen LogP contribution in [0.5, 0.6) is 0 Å². The Morgan fingerprint density at radius 2 is 1.87 bits per heavy atom. The molecule has 0 spiro atoms. The molecular formula is C23H27ClN2O4. The van der Waals surface area contributed by atoms with Gasteiger partial charge < -0.3 is 14.6 Å². The minimum absolute atomic E-state index is 0.239. The van der Waals surface area contributed by atoms with Gasteiger partial charge in [0.25, 0.3) is 5.91 Å². The number of hydrogen-bond acceptors (Lipinski definition) is 4. The Bertz CT molecular complexity index is 962. The topological polar surface area (TPSA) is 77.4 Å². The van der Waals surface area contributed by atoms with Crippen LogP contribution in [0.15, 0.2) is 43.0 Å². The summed E-state index contributed by atoms with van der Waals surface area (Å²) >= 11 is 6.05. The second kappa shape index (κ2) is 10.3. The summed E-state index contributed by atoms with van der Waals surface area (Å²) in [5, 5.41) is 2.94. The van der Waals surface area contributed by atoms with Crippen molar-refractivity contribution in [1.29, 1.82) is 0 Å². The second-order valence-corrected chi connectivity index (χ2v) is 7.80. The van der Waals surface area contributed by atoms with E-state index in [1.807, 2.05) is 18.4 Å². The molecule has 0 aliphatic heterocycles. The van der Waals surface area contributed by atoms with E-state index in [0.29, 0.717) is 12.1 Å². The van der Waals surface area contributed by atoms with Gasteiger partial charge in [0, 0.05) is 23.5 Å². The molecule has 6 nitrogen and oxygen atoms in total. The Labute approximate surface area is 181 Å². The summed E-state index contributed by atoms with van der Waals surface area (Å²) in [6, 6.07) is 7.43. The maximum absolute atomic E-state index is 12.6. The monoisotopic (exact) mass is 430 g/mol. The average Bonchev–Trinajstić information content (AvgIpc) is 2.98. The standard InChI is InChI=1S/C23H27ClN2O4/c1-6-11-26-15(4)12-18(16(26)5)20(27)13-30-23(29)21(14(2)3)25-22(28)17-9-7-8-10-19(17)24/h6-10,12,14,21H,1,11,13H2,2-5H3,(H,25,28)/t21-/m1/s1. The molecule has 0 bridgehead atoms. The van der Waals surface area contributed by atoms with Crippen LogP contribution in [0.3, 0.4) is 0 Å². The predicted octanol–water partition coefficient (Wildman–Crippen LogP) is 4.12. The Morgan fingerprint density at radius 1 is 1.20 bits per heavy atom. The van der Waals surface area contributed by atoms with Gasteiger partial charge in [-0.25, -0.2) is 4.79 Å². The van der Waals surface area contributed by atoms with Crippen LogP contribution in [0.4, 0.5) is 0 Å². The molecule has 30 heavy (non-hydrogen) atoms. The molecule has 160 valence electrons. The number of Topliss-reactive ketones (excluding diaryl/α,β-unsaturated/α-hetero) is 1. The molecule has 1 amide bonds. The number of hydrogen-bond donors (Lipinski definition) is 1. The molecule has 1 heterocycles. The van der Waals surface area contributed by atoms with Crippen LogP contribution in [0.25, 0.3) is 0 Å². The molecule has 1 aromatic heterocycles. The smallest absolute Gasteiger partial charge is 0.329 e. The SMILES string of the molecule is C=CCn1c(C)cc(C(=O)COC(=O)[C@H](NC(=O)c2ccccc2Cl)C(C)C)c1C. The van der Waals surface area contributed by atoms with Crippen LogP contribution in [0, 0.1) is 19.8 Å². The number of allylic oxidation sites excluding steroid dienone is 1. The second-order valence-electron chi connectivity index (χ2n) is 7.39. The summed E-state index contributed by atoms with van der Waals surface area (Å²) in [5.41, 5.74) is 2.49. The third kappa shape index (κ3) is 5.39. The number of aromatic nitrogens is 1. The van der Waals surface area contributed by atoms with Crippen molar-refractivity contribution < 1.29 is 19.1 Å². The quantitative estimate of drug-likeness (QED) is 0.368. The van der Waals surface area contributed by atoms with Crippen molar-refractivity contribution in [1.82, 2.24) is 9.88 Å². The van der Waals surface area contributed by atoms with Gasteiger partial charge in [-0.2, -0.15) is 0 Å². The first-order valence-corrected chi connectivity index (χ1v) is 10.1. The van der Waals surface area contributed by atoms with Gasteiger partial charge in [-0.1, -0.05) is 43.7 Å². The van der Waals surface area contributed by atoms with Crippen molar-refractivity contribution >= 4 is 29.3 Å². The molecule has 0 saturated carbocycles.